The lowest BCUT2D eigenvalue weighted by molar-refractivity contribution is 0.194. The van der Waals surface area contributed by atoms with Crippen molar-refractivity contribution in [1.82, 2.24) is 10.2 Å². The molecule has 2 nitrogen and oxygen atoms in total. The fourth-order valence-corrected chi connectivity index (χ4v) is 2.98. The van der Waals surface area contributed by atoms with Gasteiger partial charge in [-0.3, -0.25) is 4.90 Å². The molecule has 19 heavy (non-hydrogen) atoms. The summed E-state index contributed by atoms with van der Waals surface area (Å²) < 4.78 is 14.2. The summed E-state index contributed by atoms with van der Waals surface area (Å²) in [6, 6.07) is 6.35. The molecule has 0 aromatic heterocycles. The van der Waals surface area contributed by atoms with Crippen molar-refractivity contribution in [2.75, 3.05) is 13.1 Å². The van der Waals surface area contributed by atoms with Crippen LogP contribution < -0.4 is 5.32 Å². The third kappa shape index (κ3) is 3.77. The summed E-state index contributed by atoms with van der Waals surface area (Å²) in [6.45, 7) is 7.37. The van der Waals surface area contributed by atoms with Crippen LogP contribution in [0.5, 0.6) is 0 Å². The third-order valence-electron chi connectivity index (χ3n) is 3.97. The van der Waals surface area contributed by atoms with Gasteiger partial charge in [-0.25, -0.2) is 4.39 Å². The first kappa shape index (κ1) is 14.9. The number of benzene rings is 1. The van der Waals surface area contributed by atoms with Crippen molar-refractivity contribution in [3.63, 3.8) is 0 Å². The van der Waals surface area contributed by atoms with Crippen LogP contribution in [0.15, 0.2) is 22.7 Å². The van der Waals surface area contributed by atoms with Crippen molar-refractivity contribution in [3.8, 4) is 0 Å². The minimum atomic E-state index is -0.176. The van der Waals surface area contributed by atoms with Crippen LogP contribution in [-0.4, -0.2) is 30.1 Å². The summed E-state index contributed by atoms with van der Waals surface area (Å²) in [5.41, 5.74) is 1.03. The second kappa shape index (κ2) is 6.82. The molecule has 1 heterocycles. The van der Waals surface area contributed by atoms with Crippen LogP contribution in [0.4, 0.5) is 4.39 Å². The smallest absolute Gasteiger partial charge is 0.137 e. The molecule has 1 aliphatic heterocycles. The Balaban J connectivity index is 2.12. The summed E-state index contributed by atoms with van der Waals surface area (Å²) in [7, 11) is 0. The maximum atomic E-state index is 13.6. The fourth-order valence-electron chi connectivity index (χ4n) is 2.59. The van der Waals surface area contributed by atoms with E-state index in [1.807, 2.05) is 6.07 Å². The molecule has 0 aliphatic carbocycles. The SMILES string of the molecule is CCC1CN(Cc2cccc(F)c2Br)C(C)CCN1. The summed E-state index contributed by atoms with van der Waals surface area (Å²) in [4.78, 5) is 2.45. The molecule has 0 saturated carbocycles. The number of halogens is 2. The van der Waals surface area contributed by atoms with Crippen LogP contribution in [0, 0.1) is 5.82 Å². The Morgan fingerprint density at radius 1 is 1.47 bits per heavy atom. The van der Waals surface area contributed by atoms with Crippen LogP contribution in [-0.2, 0) is 6.54 Å². The predicted octanol–water partition coefficient (Wildman–Crippen LogP) is 3.55. The third-order valence-corrected chi connectivity index (χ3v) is 4.86. The first-order chi connectivity index (χ1) is 9.11. The normalized spacial score (nSPS) is 25.3. The number of hydrogen-bond donors (Lipinski definition) is 1. The van der Waals surface area contributed by atoms with Gasteiger partial charge in [0.1, 0.15) is 5.82 Å². The Labute approximate surface area is 123 Å². The molecule has 0 bridgehead atoms. The zero-order chi connectivity index (χ0) is 13.8. The topological polar surface area (TPSA) is 15.3 Å². The van der Waals surface area contributed by atoms with Crippen molar-refractivity contribution in [3.05, 3.63) is 34.1 Å². The lowest BCUT2D eigenvalue weighted by Gasteiger charge is -2.29. The molecule has 1 aromatic carbocycles. The van der Waals surface area contributed by atoms with E-state index in [-0.39, 0.29) is 5.82 Å². The highest BCUT2D eigenvalue weighted by Crippen LogP contribution is 2.23. The van der Waals surface area contributed by atoms with Crippen molar-refractivity contribution in [2.45, 2.75) is 45.3 Å². The Bertz CT molecular complexity index is 425. The molecule has 106 valence electrons. The number of hydrogen-bond acceptors (Lipinski definition) is 2. The standard InChI is InChI=1S/C15H22BrFN2/c1-3-13-10-19(11(2)7-8-18-13)9-12-5-4-6-14(17)15(12)16/h4-6,11,13,18H,3,7-10H2,1-2H3. The molecule has 0 spiro atoms. The maximum absolute atomic E-state index is 13.6. The van der Waals surface area contributed by atoms with E-state index < -0.39 is 0 Å². The van der Waals surface area contributed by atoms with Crippen molar-refractivity contribution >= 4 is 15.9 Å². The van der Waals surface area contributed by atoms with E-state index in [0.717, 1.165) is 38.0 Å². The van der Waals surface area contributed by atoms with Gasteiger partial charge in [-0.1, -0.05) is 19.1 Å². The monoisotopic (exact) mass is 328 g/mol. The molecule has 0 amide bonds. The lowest BCUT2D eigenvalue weighted by atomic mass is 10.1. The minimum Gasteiger partial charge on any atom is -0.313 e. The molecule has 2 rings (SSSR count). The summed E-state index contributed by atoms with van der Waals surface area (Å²) >= 11 is 3.36. The second-order valence-electron chi connectivity index (χ2n) is 5.34. The second-order valence-corrected chi connectivity index (χ2v) is 6.13. The summed E-state index contributed by atoms with van der Waals surface area (Å²) in [5.74, 6) is -0.176. The van der Waals surface area contributed by atoms with Gasteiger partial charge in [0.25, 0.3) is 0 Å². The van der Waals surface area contributed by atoms with Gasteiger partial charge in [0.15, 0.2) is 0 Å². The highest BCUT2D eigenvalue weighted by Gasteiger charge is 2.22. The minimum absolute atomic E-state index is 0.176. The highest BCUT2D eigenvalue weighted by molar-refractivity contribution is 9.10. The first-order valence-electron chi connectivity index (χ1n) is 7.02. The van der Waals surface area contributed by atoms with E-state index in [1.54, 1.807) is 6.07 Å². The zero-order valence-corrected chi connectivity index (χ0v) is 13.2. The van der Waals surface area contributed by atoms with Crippen molar-refractivity contribution in [1.29, 1.82) is 0 Å². The average molecular weight is 329 g/mol. The van der Waals surface area contributed by atoms with Crippen LogP contribution >= 0.6 is 15.9 Å². The van der Waals surface area contributed by atoms with Gasteiger partial charge in [-0.15, -0.1) is 0 Å². The number of nitrogens with one attached hydrogen (secondary N) is 1. The predicted molar refractivity (Wildman–Crippen MR) is 80.7 cm³/mol. The van der Waals surface area contributed by atoms with E-state index in [2.05, 4.69) is 40.0 Å². The molecule has 1 fully saturated rings. The molecule has 1 saturated heterocycles. The Kier molecular flexibility index (Phi) is 5.37. The average Bonchev–Trinajstić information content (AvgIpc) is 2.57. The van der Waals surface area contributed by atoms with E-state index in [0.29, 0.717) is 16.6 Å². The van der Waals surface area contributed by atoms with Gasteiger partial charge in [0.2, 0.25) is 0 Å². The maximum Gasteiger partial charge on any atom is 0.137 e. The van der Waals surface area contributed by atoms with E-state index in [4.69, 9.17) is 0 Å². The Morgan fingerprint density at radius 2 is 2.26 bits per heavy atom. The Morgan fingerprint density at radius 3 is 3.00 bits per heavy atom. The lowest BCUT2D eigenvalue weighted by Crippen LogP contribution is -2.39. The quantitative estimate of drug-likeness (QED) is 0.912. The summed E-state index contributed by atoms with van der Waals surface area (Å²) in [5, 5.41) is 3.58. The number of rotatable bonds is 3. The van der Waals surface area contributed by atoms with E-state index in [9.17, 15) is 4.39 Å². The largest absolute Gasteiger partial charge is 0.313 e. The molecule has 1 aliphatic rings. The van der Waals surface area contributed by atoms with Gasteiger partial charge in [-0.2, -0.15) is 0 Å². The molecular formula is C15H22BrFN2. The van der Waals surface area contributed by atoms with Crippen molar-refractivity contribution < 1.29 is 4.39 Å². The first-order valence-corrected chi connectivity index (χ1v) is 7.81. The van der Waals surface area contributed by atoms with Gasteiger partial charge in [-0.05, 0) is 53.9 Å². The molecule has 1 aromatic rings. The van der Waals surface area contributed by atoms with Gasteiger partial charge in [0.05, 0.1) is 4.47 Å². The molecule has 2 atom stereocenters. The zero-order valence-electron chi connectivity index (χ0n) is 11.6. The Hall–Kier alpha value is -0.450. The van der Waals surface area contributed by atoms with Gasteiger partial charge >= 0.3 is 0 Å². The van der Waals surface area contributed by atoms with Gasteiger partial charge < -0.3 is 5.32 Å². The van der Waals surface area contributed by atoms with Crippen LogP contribution in [0.25, 0.3) is 0 Å². The molecule has 2 unspecified atom stereocenters. The molecule has 1 N–H and O–H groups in total. The molecule has 4 heteroatoms. The summed E-state index contributed by atoms with van der Waals surface area (Å²) in [6.07, 6.45) is 2.27. The molecular weight excluding hydrogens is 307 g/mol. The van der Waals surface area contributed by atoms with E-state index >= 15 is 0 Å². The number of nitrogens with zero attached hydrogens (tertiary/aromatic N) is 1. The van der Waals surface area contributed by atoms with E-state index in [1.165, 1.54) is 6.07 Å². The van der Waals surface area contributed by atoms with Crippen LogP contribution in [0.3, 0.4) is 0 Å². The fraction of sp³-hybridized carbons (Fsp3) is 0.600. The van der Waals surface area contributed by atoms with Crippen LogP contribution in [0.1, 0.15) is 32.3 Å². The van der Waals surface area contributed by atoms with Crippen molar-refractivity contribution in [2.24, 2.45) is 0 Å². The highest BCUT2D eigenvalue weighted by atomic mass is 79.9. The molecule has 0 radical (unpaired) electrons. The van der Waals surface area contributed by atoms with Crippen LogP contribution in [0.2, 0.25) is 0 Å². The van der Waals surface area contributed by atoms with Gasteiger partial charge in [0, 0.05) is 25.2 Å².